The fourth-order valence-electron chi connectivity index (χ4n) is 7.75. The van der Waals surface area contributed by atoms with E-state index in [4.69, 9.17) is 10.5 Å². The second kappa shape index (κ2) is 18.1. The first-order valence-corrected chi connectivity index (χ1v) is 22.7. The SMILES string of the molecule is CC1(O)CCC(CS(=O)(=O)c2ccc(-c3ccc(C#N)cc3F)cc2C(F)(F)F)CC1.CC1(O)CCC(CS(=O)(=O)c2ccc(-c3ccc(C#N)cc3F)cc2C(F)(F)F)CC1. The van der Waals surface area contributed by atoms with Crippen LogP contribution in [0.25, 0.3) is 22.3 Å². The zero-order chi connectivity index (χ0) is 46.1. The van der Waals surface area contributed by atoms with E-state index in [9.17, 15) is 62.2 Å². The summed E-state index contributed by atoms with van der Waals surface area (Å²) in [6.45, 7) is 3.31. The van der Waals surface area contributed by atoms with Crippen molar-refractivity contribution in [2.45, 2.75) is 98.6 Å². The summed E-state index contributed by atoms with van der Waals surface area (Å²) in [6, 6.07) is 15.5. The van der Waals surface area contributed by atoms with Crippen LogP contribution in [0.15, 0.2) is 82.6 Å². The van der Waals surface area contributed by atoms with Crippen molar-refractivity contribution in [3.63, 3.8) is 0 Å². The Morgan fingerprint density at radius 1 is 0.581 bits per heavy atom. The second-order valence-electron chi connectivity index (χ2n) is 16.5. The highest BCUT2D eigenvalue weighted by atomic mass is 32.2. The van der Waals surface area contributed by atoms with E-state index in [0.717, 1.165) is 36.4 Å². The van der Waals surface area contributed by atoms with Crippen molar-refractivity contribution in [1.29, 1.82) is 10.5 Å². The van der Waals surface area contributed by atoms with Gasteiger partial charge in [0.15, 0.2) is 19.7 Å². The van der Waals surface area contributed by atoms with Gasteiger partial charge in [-0.05, 0) is 137 Å². The number of benzene rings is 4. The third-order valence-electron chi connectivity index (χ3n) is 11.3. The van der Waals surface area contributed by atoms with Gasteiger partial charge in [0.25, 0.3) is 0 Å². The van der Waals surface area contributed by atoms with Gasteiger partial charge in [-0.3, -0.25) is 0 Å². The molecule has 0 bridgehead atoms. The Morgan fingerprint density at radius 2 is 0.903 bits per heavy atom. The summed E-state index contributed by atoms with van der Waals surface area (Å²) in [6.07, 6.45) is -6.76. The van der Waals surface area contributed by atoms with E-state index < -0.39 is 87.3 Å². The maximum atomic E-state index is 14.3. The van der Waals surface area contributed by atoms with Gasteiger partial charge in [-0.1, -0.05) is 24.3 Å². The Hall–Kier alpha value is -4.88. The summed E-state index contributed by atoms with van der Waals surface area (Å²) in [5.41, 5.74) is -5.04. The minimum absolute atomic E-state index is 0.0166. The third-order valence-corrected chi connectivity index (χ3v) is 15.2. The van der Waals surface area contributed by atoms with Gasteiger partial charge in [-0.15, -0.1) is 0 Å². The molecule has 4 aromatic carbocycles. The fourth-order valence-corrected chi connectivity index (χ4v) is 11.6. The predicted molar refractivity (Wildman–Crippen MR) is 212 cm³/mol. The summed E-state index contributed by atoms with van der Waals surface area (Å²) < 4.78 is 162. The highest BCUT2D eigenvalue weighted by molar-refractivity contribution is 7.91. The van der Waals surface area contributed by atoms with Crippen molar-refractivity contribution in [1.82, 2.24) is 0 Å². The number of alkyl halides is 6. The Morgan fingerprint density at radius 3 is 1.18 bits per heavy atom. The van der Waals surface area contributed by atoms with E-state index in [2.05, 4.69) is 0 Å². The number of aliphatic hydroxyl groups is 2. The van der Waals surface area contributed by atoms with Crippen LogP contribution in [0.4, 0.5) is 35.1 Å². The second-order valence-corrected chi connectivity index (χ2v) is 20.5. The molecule has 0 spiro atoms. The van der Waals surface area contributed by atoms with Crippen LogP contribution in [0.3, 0.4) is 0 Å². The van der Waals surface area contributed by atoms with Crippen LogP contribution < -0.4 is 0 Å². The summed E-state index contributed by atoms with van der Waals surface area (Å²) in [7, 11) is -8.54. The van der Waals surface area contributed by atoms with E-state index in [1.807, 2.05) is 0 Å². The first-order valence-electron chi connectivity index (χ1n) is 19.4. The van der Waals surface area contributed by atoms with Crippen LogP contribution >= 0.6 is 0 Å². The van der Waals surface area contributed by atoms with Crippen molar-refractivity contribution in [3.8, 4) is 34.4 Å². The maximum Gasteiger partial charge on any atom is 0.417 e. The lowest BCUT2D eigenvalue weighted by atomic mass is 9.81. The molecule has 2 aliphatic carbocycles. The Balaban J connectivity index is 0.000000234. The largest absolute Gasteiger partial charge is 0.417 e. The van der Waals surface area contributed by atoms with Crippen LogP contribution in [0.2, 0.25) is 0 Å². The molecular formula is C44H42F8N2O6S2. The lowest BCUT2D eigenvalue weighted by Crippen LogP contribution is -2.33. The molecule has 0 aromatic heterocycles. The topological polar surface area (TPSA) is 156 Å². The first kappa shape index (κ1) is 48.2. The molecule has 0 aliphatic heterocycles. The average Bonchev–Trinajstić information content (AvgIpc) is 3.18. The minimum atomic E-state index is -4.96. The van der Waals surface area contributed by atoms with Gasteiger partial charge in [-0.25, -0.2) is 25.6 Å². The normalized spacial score (nSPS) is 22.2. The molecule has 18 heteroatoms. The van der Waals surface area contributed by atoms with Gasteiger partial charge < -0.3 is 10.2 Å². The maximum absolute atomic E-state index is 14.3. The molecule has 0 radical (unpaired) electrons. The fraction of sp³-hybridized carbons (Fsp3) is 0.409. The van der Waals surface area contributed by atoms with Gasteiger partial charge in [0.1, 0.15) is 11.6 Å². The van der Waals surface area contributed by atoms with E-state index in [1.165, 1.54) is 24.3 Å². The van der Waals surface area contributed by atoms with Gasteiger partial charge >= 0.3 is 12.4 Å². The Kier molecular flexibility index (Phi) is 14.0. The van der Waals surface area contributed by atoms with Crippen molar-refractivity contribution in [2.75, 3.05) is 11.5 Å². The van der Waals surface area contributed by atoms with Crippen LogP contribution in [-0.4, -0.2) is 49.8 Å². The number of nitriles is 2. The molecule has 0 unspecified atom stereocenters. The molecule has 2 saturated carbocycles. The van der Waals surface area contributed by atoms with Crippen LogP contribution in [0.5, 0.6) is 0 Å². The number of hydrogen-bond acceptors (Lipinski definition) is 8. The van der Waals surface area contributed by atoms with Crippen molar-refractivity contribution in [3.05, 3.63) is 107 Å². The number of sulfone groups is 2. The third kappa shape index (κ3) is 11.8. The molecule has 0 saturated heterocycles. The summed E-state index contributed by atoms with van der Waals surface area (Å²) >= 11 is 0. The molecule has 332 valence electrons. The first-order chi connectivity index (χ1) is 28.6. The molecule has 2 N–H and O–H groups in total. The molecule has 62 heavy (non-hydrogen) atoms. The van der Waals surface area contributed by atoms with Crippen LogP contribution in [0, 0.1) is 46.1 Å². The molecule has 0 atom stereocenters. The zero-order valence-corrected chi connectivity index (χ0v) is 35.0. The molecule has 6 rings (SSSR count). The highest BCUT2D eigenvalue weighted by Crippen LogP contribution is 2.42. The Labute approximate surface area is 354 Å². The van der Waals surface area contributed by atoms with Crippen molar-refractivity contribution in [2.24, 2.45) is 11.8 Å². The lowest BCUT2D eigenvalue weighted by Gasteiger charge is -2.33. The van der Waals surface area contributed by atoms with Gasteiger partial charge in [0.05, 0.1) is 66.9 Å². The van der Waals surface area contributed by atoms with Crippen molar-refractivity contribution < 1.29 is 62.2 Å². The van der Waals surface area contributed by atoms with Crippen LogP contribution in [-0.2, 0) is 32.0 Å². The van der Waals surface area contributed by atoms with Crippen LogP contribution in [0.1, 0.15) is 87.5 Å². The number of rotatable bonds is 8. The molecule has 4 aromatic rings. The monoisotopic (exact) mass is 910 g/mol. The molecule has 2 aliphatic rings. The molecule has 0 amide bonds. The summed E-state index contributed by atoms with van der Waals surface area (Å²) in [5.74, 6) is -3.34. The zero-order valence-electron chi connectivity index (χ0n) is 33.4. The molecule has 2 fully saturated rings. The summed E-state index contributed by atoms with van der Waals surface area (Å²) in [4.78, 5) is -1.68. The van der Waals surface area contributed by atoms with Gasteiger partial charge in [-0.2, -0.15) is 36.9 Å². The van der Waals surface area contributed by atoms with Crippen molar-refractivity contribution >= 4 is 19.7 Å². The van der Waals surface area contributed by atoms with Gasteiger partial charge in [0.2, 0.25) is 0 Å². The number of nitrogens with zero attached hydrogens (tertiary/aromatic N) is 2. The highest BCUT2D eigenvalue weighted by Gasteiger charge is 2.41. The minimum Gasteiger partial charge on any atom is -0.390 e. The molecular weight excluding hydrogens is 869 g/mol. The van der Waals surface area contributed by atoms with E-state index >= 15 is 0 Å². The van der Waals surface area contributed by atoms with Gasteiger partial charge in [0, 0.05) is 11.1 Å². The lowest BCUT2D eigenvalue weighted by molar-refractivity contribution is -0.140. The van der Waals surface area contributed by atoms with E-state index in [1.54, 1.807) is 26.0 Å². The standard InChI is InChI=1S/2C22H21F4NO3S/c2*1-21(28)8-6-14(7-9-21)13-31(29,30)20-5-3-16(11-18(20)22(24,25)26)17-4-2-15(12-27)10-19(17)23/h2*2-5,10-11,14,28H,6-9,13H2,1H3. The summed E-state index contributed by atoms with van der Waals surface area (Å²) in [5, 5.41) is 37.6. The molecule has 0 heterocycles. The van der Waals surface area contributed by atoms with E-state index in [0.29, 0.717) is 63.5 Å². The molecule has 8 nitrogen and oxygen atoms in total. The smallest absolute Gasteiger partial charge is 0.390 e. The average molecular weight is 911 g/mol. The quantitative estimate of drug-likeness (QED) is 0.166. The van der Waals surface area contributed by atoms with E-state index in [-0.39, 0.29) is 45.2 Å². The number of hydrogen-bond donors (Lipinski definition) is 2. The Bertz CT molecular complexity index is 2430. The predicted octanol–water partition coefficient (Wildman–Crippen LogP) is 10.2. The number of halogens is 8.